The zero-order chi connectivity index (χ0) is 12.3. The maximum atomic E-state index is 5.99. The quantitative estimate of drug-likeness (QED) is 0.809. The summed E-state index contributed by atoms with van der Waals surface area (Å²) in [5.41, 5.74) is 6.99. The Morgan fingerprint density at radius 1 is 1.35 bits per heavy atom. The zero-order valence-electron chi connectivity index (χ0n) is 9.67. The molecule has 4 heteroatoms. The van der Waals surface area contributed by atoms with Gasteiger partial charge in [0, 0.05) is 12.1 Å². The van der Waals surface area contributed by atoms with Gasteiger partial charge in [-0.05, 0) is 19.1 Å². The van der Waals surface area contributed by atoms with Gasteiger partial charge in [-0.2, -0.15) is 0 Å². The fraction of sp³-hybridized carbons (Fsp3) is 0.231. The molecule has 0 fully saturated rings. The molecule has 1 atom stereocenters. The van der Waals surface area contributed by atoms with Crippen LogP contribution < -0.4 is 5.73 Å². The number of aryl methyl sites for hydroxylation is 1. The summed E-state index contributed by atoms with van der Waals surface area (Å²) in [6, 6.07) is 9.58. The van der Waals surface area contributed by atoms with E-state index >= 15 is 0 Å². The predicted octanol–water partition coefficient (Wildman–Crippen LogP) is 1.60. The lowest BCUT2D eigenvalue weighted by Crippen LogP contribution is -2.16. The van der Waals surface area contributed by atoms with E-state index in [1.807, 2.05) is 41.8 Å². The van der Waals surface area contributed by atoms with Crippen molar-refractivity contribution in [2.75, 3.05) is 0 Å². The molecule has 86 valence electrons. The molecular formula is C13H14N4. The van der Waals surface area contributed by atoms with Gasteiger partial charge in [-0.25, -0.2) is 0 Å². The number of terminal acetylenes is 1. The van der Waals surface area contributed by atoms with Crippen molar-refractivity contribution in [3.8, 4) is 18.0 Å². The molecule has 0 radical (unpaired) electrons. The third-order valence-electron chi connectivity index (χ3n) is 2.53. The Bertz CT molecular complexity index is 536. The Morgan fingerprint density at radius 3 is 2.71 bits per heavy atom. The van der Waals surface area contributed by atoms with E-state index < -0.39 is 0 Å². The van der Waals surface area contributed by atoms with Crippen molar-refractivity contribution in [2.24, 2.45) is 5.73 Å². The van der Waals surface area contributed by atoms with E-state index in [0.717, 1.165) is 11.5 Å². The molecule has 1 heterocycles. The van der Waals surface area contributed by atoms with Crippen molar-refractivity contribution >= 4 is 0 Å². The summed E-state index contributed by atoms with van der Waals surface area (Å²) in [5.74, 6) is 4.05. The number of hydrogen-bond donors (Lipinski definition) is 1. The molecule has 0 spiro atoms. The van der Waals surface area contributed by atoms with Crippen LogP contribution in [0.5, 0.6) is 0 Å². The van der Waals surface area contributed by atoms with E-state index in [1.54, 1.807) is 0 Å². The van der Waals surface area contributed by atoms with E-state index in [9.17, 15) is 0 Å². The molecule has 0 bridgehead atoms. The lowest BCUT2D eigenvalue weighted by atomic mass is 10.2. The first-order valence-electron chi connectivity index (χ1n) is 5.40. The van der Waals surface area contributed by atoms with Crippen molar-refractivity contribution in [1.82, 2.24) is 14.8 Å². The van der Waals surface area contributed by atoms with Gasteiger partial charge >= 0.3 is 0 Å². The molecule has 2 N–H and O–H groups in total. The number of hydrogen-bond acceptors (Lipinski definition) is 3. The molecular weight excluding hydrogens is 212 g/mol. The normalized spacial score (nSPS) is 12.1. The van der Waals surface area contributed by atoms with Crippen LogP contribution in [0, 0.1) is 19.3 Å². The number of benzene rings is 1. The molecule has 0 saturated carbocycles. The van der Waals surface area contributed by atoms with Crippen LogP contribution in [-0.4, -0.2) is 14.8 Å². The summed E-state index contributed by atoms with van der Waals surface area (Å²) in [7, 11) is 0. The minimum atomic E-state index is -0.290. The second kappa shape index (κ2) is 4.81. The second-order valence-corrected chi connectivity index (χ2v) is 3.79. The Labute approximate surface area is 100 Å². The van der Waals surface area contributed by atoms with Crippen molar-refractivity contribution in [3.05, 3.63) is 42.0 Å². The molecule has 17 heavy (non-hydrogen) atoms. The first-order chi connectivity index (χ1) is 8.24. The van der Waals surface area contributed by atoms with Crippen molar-refractivity contribution in [1.29, 1.82) is 0 Å². The fourth-order valence-electron chi connectivity index (χ4n) is 1.73. The molecule has 1 aromatic carbocycles. The minimum absolute atomic E-state index is 0.290. The number of nitrogens with two attached hydrogens (primary N) is 1. The highest BCUT2D eigenvalue weighted by Gasteiger charge is 2.16. The van der Waals surface area contributed by atoms with Crippen molar-refractivity contribution in [3.63, 3.8) is 0 Å². The van der Waals surface area contributed by atoms with Crippen LogP contribution in [0.1, 0.15) is 24.1 Å². The second-order valence-electron chi connectivity index (χ2n) is 3.79. The minimum Gasteiger partial charge on any atom is -0.321 e. The highest BCUT2D eigenvalue weighted by molar-refractivity contribution is 5.34. The number of nitrogens with zero attached hydrogens (tertiary/aromatic N) is 3. The Kier molecular flexibility index (Phi) is 3.22. The molecule has 2 rings (SSSR count). The van der Waals surface area contributed by atoms with E-state index in [4.69, 9.17) is 12.2 Å². The molecule has 1 aromatic heterocycles. The number of rotatable bonds is 3. The highest BCUT2D eigenvalue weighted by Crippen LogP contribution is 2.18. The van der Waals surface area contributed by atoms with E-state index in [1.165, 1.54) is 0 Å². The SMILES string of the molecule is C#CCC(N)c1nnc(C)n1-c1ccccc1. The first kappa shape index (κ1) is 11.4. The molecule has 2 aromatic rings. The van der Waals surface area contributed by atoms with Gasteiger partial charge in [0.2, 0.25) is 0 Å². The first-order valence-corrected chi connectivity index (χ1v) is 5.40. The Balaban J connectivity index is 2.47. The topological polar surface area (TPSA) is 56.7 Å². The third kappa shape index (κ3) is 2.19. The largest absolute Gasteiger partial charge is 0.321 e. The molecule has 1 unspecified atom stereocenters. The van der Waals surface area contributed by atoms with Gasteiger partial charge in [0.05, 0.1) is 6.04 Å². The van der Waals surface area contributed by atoms with Gasteiger partial charge < -0.3 is 5.73 Å². The summed E-state index contributed by atoms with van der Waals surface area (Å²) >= 11 is 0. The van der Waals surface area contributed by atoms with Gasteiger partial charge in [-0.1, -0.05) is 18.2 Å². The van der Waals surface area contributed by atoms with Crippen LogP contribution in [0.25, 0.3) is 5.69 Å². The van der Waals surface area contributed by atoms with Crippen LogP contribution in [0.3, 0.4) is 0 Å². The maximum absolute atomic E-state index is 5.99. The molecule has 0 aliphatic heterocycles. The lowest BCUT2D eigenvalue weighted by Gasteiger charge is -2.11. The van der Waals surface area contributed by atoms with E-state index in [0.29, 0.717) is 12.2 Å². The average Bonchev–Trinajstić information content (AvgIpc) is 2.73. The number of aromatic nitrogens is 3. The number of para-hydroxylation sites is 1. The van der Waals surface area contributed by atoms with Gasteiger partial charge in [0.1, 0.15) is 5.82 Å². The smallest absolute Gasteiger partial charge is 0.155 e. The maximum Gasteiger partial charge on any atom is 0.155 e. The third-order valence-corrected chi connectivity index (χ3v) is 2.53. The van der Waals surface area contributed by atoms with E-state index in [-0.39, 0.29) is 6.04 Å². The summed E-state index contributed by atoms with van der Waals surface area (Å²) in [4.78, 5) is 0. The van der Waals surface area contributed by atoms with Crippen LogP contribution in [0.15, 0.2) is 30.3 Å². The summed E-state index contributed by atoms with van der Waals surface area (Å²) in [6.45, 7) is 1.89. The monoisotopic (exact) mass is 226 g/mol. The van der Waals surface area contributed by atoms with E-state index in [2.05, 4.69) is 16.1 Å². The van der Waals surface area contributed by atoms with Gasteiger partial charge in [0.25, 0.3) is 0 Å². The highest BCUT2D eigenvalue weighted by atomic mass is 15.3. The average molecular weight is 226 g/mol. The Morgan fingerprint density at radius 2 is 2.06 bits per heavy atom. The van der Waals surface area contributed by atoms with Crippen LogP contribution in [-0.2, 0) is 0 Å². The zero-order valence-corrected chi connectivity index (χ0v) is 9.67. The van der Waals surface area contributed by atoms with Crippen LogP contribution >= 0.6 is 0 Å². The lowest BCUT2D eigenvalue weighted by molar-refractivity contribution is 0.670. The summed E-state index contributed by atoms with van der Waals surface area (Å²) in [6.07, 6.45) is 5.72. The van der Waals surface area contributed by atoms with Crippen molar-refractivity contribution in [2.45, 2.75) is 19.4 Å². The van der Waals surface area contributed by atoms with Gasteiger partial charge in [-0.3, -0.25) is 4.57 Å². The predicted molar refractivity (Wildman–Crippen MR) is 66.5 cm³/mol. The van der Waals surface area contributed by atoms with Gasteiger partial charge in [0.15, 0.2) is 5.82 Å². The standard InChI is InChI=1S/C13H14N4/c1-3-7-12(14)13-16-15-10(2)17(13)11-8-5-4-6-9-11/h1,4-6,8-9,12H,7,14H2,2H3. The molecule has 0 saturated heterocycles. The summed E-state index contributed by atoms with van der Waals surface area (Å²) < 4.78 is 1.93. The molecule has 0 aliphatic carbocycles. The van der Waals surface area contributed by atoms with Gasteiger partial charge in [-0.15, -0.1) is 22.5 Å². The molecule has 0 aliphatic rings. The van der Waals surface area contributed by atoms with Crippen molar-refractivity contribution < 1.29 is 0 Å². The molecule has 0 amide bonds. The fourth-order valence-corrected chi connectivity index (χ4v) is 1.73. The Hall–Kier alpha value is -2.12. The summed E-state index contributed by atoms with van der Waals surface area (Å²) in [5, 5.41) is 8.16. The van der Waals surface area contributed by atoms with Crippen LogP contribution in [0.2, 0.25) is 0 Å². The van der Waals surface area contributed by atoms with Crippen LogP contribution in [0.4, 0.5) is 0 Å². The molecule has 4 nitrogen and oxygen atoms in total.